The van der Waals surface area contributed by atoms with E-state index in [4.69, 9.17) is 9.84 Å². The summed E-state index contributed by atoms with van der Waals surface area (Å²) in [6, 6.07) is 0.239. The van der Waals surface area contributed by atoms with E-state index in [1.54, 1.807) is 0 Å². The lowest BCUT2D eigenvalue weighted by molar-refractivity contribution is 0.0353. The number of likely N-dealkylation sites (N-methyl/N-ethyl adjacent to an activating group) is 1. The monoisotopic (exact) mass is 188 g/mol. The van der Waals surface area contributed by atoms with Crippen LogP contribution in [0.1, 0.15) is 6.42 Å². The standard InChI is InChI=1S/C9H20N2O2/c1-10-9(8-12)2-3-11-4-6-13-7-5-11/h9-10,12H,2-8H2,1H3. The van der Waals surface area contributed by atoms with Crippen LogP contribution in [-0.4, -0.2) is 62.6 Å². The van der Waals surface area contributed by atoms with Crippen LogP contribution >= 0.6 is 0 Å². The number of hydrogen-bond donors (Lipinski definition) is 2. The van der Waals surface area contributed by atoms with E-state index in [2.05, 4.69) is 10.2 Å². The van der Waals surface area contributed by atoms with Crippen molar-refractivity contribution in [1.82, 2.24) is 10.2 Å². The first kappa shape index (κ1) is 10.9. The van der Waals surface area contributed by atoms with Crippen LogP contribution < -0.4 is 5.32 Å². The molecule has 4 nitrogen and oxygen atoms in total. The largest absolute Gasteiger partial charge is 0.395 e. The van der Waals surface area contributed by atoms with Crippen LogP contribution in [0.2, 0.25) is 0 Å². The van der Waals surface area contributed by atoms with Gasteiger partial charge in [-0.25, -0.2) is 0 Å². The average Bonchev–Trinajstić information content (AvgIpc) is 2.21. The molecule has 0 aromatic rings. The quantitative estimate of drug-likeness (QED) is 0.598. The van der Waals surface area contributed by atoms with Gasteiger partial charge in [0.2, 0.25) is 0 Å². The van der Waals surface area contributed by atoms with Gasteiger partial charge in [0.15, 0.2) is 0 Å². The maximum Gasteiger partial charge on any atom is 0.0594 e. The molecule has 0 saturated carbocycles. The topological polar surface area (TPSA) is 44.7 Å². The molecular weight excluding hydrogens is 168 g/mol. The summed E-state index contributed by atoms with van der Waals surface area (Å²) < 4.78 is 5.25. The zero-order valence-electron chi connectivity index (χ0n) is 8.33. The summed E-state index contributed by atoms with van der Waals surface area (Å²) in [7, 11) is 1.89. The predicted molar refractivity (Wildman–Crippen MR) is 51.8 cm³/mol. The first-order chi connectivity index (χ1) is 6.36. The molecule has 0 radical (unpaired) electrons. The van der Waals surface area contributed by atoms with Gasteiger partial charge < -0.3 is 15.2 Å². The molecule has 0 bridgehead atoms. The van der Waals surface area contributed by atoms with E-state index in [0.717, 1.165) is 39.3 Å². The Balaban J connectivity index is 2.09. The first-order valence-electron chi connectivity index (χ1n) is 4.95. The van der Waals surface area contributed by atoms with Crippen LogP contribution in [0.15, 0.2) is 0 Å². The van der Waals surface area contributed by atoms with Crippen LogP contribution in [0.4, 0.5) is 0 Å². The lowest BCUT2D eigenvalue weighted by Gasteiger charge is -2.27. The highest BCUT2D eigenvalue weighted by Gasteiger charge is 2.12. The van der Waals surface area contributed by atoms with Gasteiger partial charge in [-0.15, -0.1) is 0 Å². The van der Waals surface area contributed by atoms with E-state index in [9.17, 15) is 0 Å². The number of morpholine rings is 1. The van der Waals surface area contributed by atoms with Crippen molar-refractivity contribution in [2.45, 2.75) is 12.5 Å². The lowest BCUT2D eigenvalue weighted by Crippen LogP contribution is -2.40. The van der Waals surface area contributed by atoms with E-state index < -0.39 is 0 Å². The lowest BCUT2D eigenvalue weighted by atomic mass is 10.2. The van der Waals surface area contributed by atoms with E-state index >= 15 is 0 Å². The summed E-state index contributed by atoms with van der Waals surface area (Å²) in [5, 5.41) is 12.0. The van der Waals surface area contributed by atoms with E-state index in [1.165, 1.54) is 0 Å². The van der Waals surface area contributed by atoms with E-state index in [-0.39, 0.29) is 12.6 Å². The van der Waals surface area contributed by atoms with Crippen molar-refractivity contribution < 1.29 is 9.84 Å². The maximum atomic E-state index is 8.95. The summed E-state index contributed by atoms with van der Waals surface area (Å²) in [6.07, 6.45) is 1.01. The Hall–Kier alpha value is -0.160. The molecule has 1 fully saturated rings. The number of ether oxygens (including phenoxy) is 1. The van der Waals surface area contributed by atoms with Crippen molar-refractivity contribution in [3.8, 4) is 0 Å². The van der Waals surface area contributed by atoms with E-state index in [1.807, 2.05) is 7.05 Å². The molecule has 1 aliphatic heterocycles. The SMILES string of the molecule is CNC(CO)CCN1CCOCC1. The number of hydrogen-bond acceptors (Lipinski definition) is 4. The van der Waals surface area contributed by atoms with Gasteiger partial charge in [-0.3, -0.25) is 4.90 Å². The Labute approximate surface area is 79.9 Å². The van der Waals surface area contributed by atoms with Gasteiger partial charge in [-0.1, -0.05) is 0 Å². The smallest absolute Gasteiger partial charge is 0.0594 e. The van der Waals surface area contributed by atoms with Crippen LogP contribution in [0.5, 0.6) is 0 Å². The van der Waals surface area contributed by atoms with Gasteiger partial charge in [0, 0.05) is 19.1 Å². The minimum atomic E-state index is 0.223. The molecule has 0 amide bonds. The molecular formula is C9H20N2O2. The van der Waals surface area contributed by atoms with Crippen molar-refractivity contribution in [2.24, 2.45) is 0 Å². The summed E-state index contributed by atoms with van der Waals surface area (Å²) in [5.74, 6) is 0. The normalized spacial score (nSPS) is 21.7. The minimum absolute atomic E-state index is 0.223. The third kappa shape index (κ3) is 4.04. The van der Waals surface area contributed by atoms with Crippen LogP contribution in [0, 0.1) is 0 Å². The van der Waals surface area contributed by atoms with Crippen molar-refractivity contribution in [3.05, 3.63) is 0 Å². The zero-order valence-corrected chi connectivity index (χ0v) is 8.33. The van der Waals surface area contributed by atoms with Crippen molar-refractivity contribution in [3.63, 3.8) is 0 Å². The molecule has 4 heteroatoms. The number of rotatable bonds is 5. The number of aliphatic hydroxyl groups is 1. The van der Waals surface area contributed by atoms with Crippen molar-refractivity contribution in [2.75, 3.05) is 46.5 Å². The van der Waals surface area contributed by atoms with Crippen molar-refractivity contribution >= 4 is 0 Å². The summed E-state index contributed by atoms with van der Waals surface area (Å²) in [4.78, 5) is 2.38. The Morgan fingerprint density at radius 2 is 2.15 bits per heavy atom. The Morgan fingerprint density at radius 1 is 1.46 bits per heavy atom. The van der Waals surface area contributed by atoms with Crippen molar-refractivity contribution in [1.29, 1.82) is 0 Å². The molecule has 1 aliphatic rings. The van der Waals surface area contributed by atoms with Gasteiger partial charge >= 0.3 is 0 Å². The number of nitrogens with zero attached hydrogens (tertiary/aromatic N) is 1. The maximum absolute atomic E-state index is 8.95. The van der Waals surface area contributed by atoms with Crippen LogP contribution in [0.25, 0.3) is 0 Å². The molecule has 78 valence electrons. The second kappa shape index (κ2) is 6.32. The van der Waals surface area contributed by atoms with Gasteiger partial charge in [0.1, 0.15) is 0 Å². The molecule has 1 heterocycles. The fraction of sp³-hybridized carbons (Fsp3) is 1.00. The highest BCUT2D eigenvalue weighted by molar-refractivity contribution is 4.68. The summed E-state index contributed by atoms with van der Waals surface area (Å²) in [5.41, 5.74) is 0. The highest BCUT2D eigenvalue weighted by atomic mass is 16.5. The third-order valence-corrected chi connectivity index (χ3v) is 2.53. The van der Waals surface area contributed by atoms with Gasteiger partial charge in [-0.2, -0.15) is 0 Å². The molecule has 1 rings (SSSR count). The molecule has 0 spiro atoms. The minimum Gasteiger partial charge on any atom is -0.395 e. The molecule has 0 aromatic heterocycles. The Morgan fingerprint density at radius 3 is 2.69 bits per heavy atom. The van der Waals surface area contributed by atoms with E-state index in [0.29, 0.717) is 0 Å². The molecule has 1 unspecified atom stereocenters. The summed E-state index contributed by atoms with van der Waals surface area (Å²) >= 11 is 0. The Kier molecular flexibility index (Phi) is 5.31. The fourth-order valence-electron chi connectivity index (χ4n) is 1.49. The third-order valence-electron chi connectivity index (χ3n) is 2.53. The molecule has 0 aliphatic carbocycles. The molecule has 2 N–H and O–H groups in total. The zero-order chi connectivity index (χ0) is 9.52. The van der Waals surface area contributed by atoms with Gasteiger partial charge in [0.05, 0.1) is 19.8 Å². The first-order valence-corrected chi connectivity index (χ1v) is 4.95. The summed E-state index contributed by atoms with van der Waals surface area (Å²) in [6.45, 7) is 5.03. The predicted octanol–water partition coefficient (Wildman–Crippen LogP) is -0.711. The molecule has 13 heavy (non-hydrogen) atoms. The molecule has 1 saturated heterocycles. The van der Waals surface area contributed by atoms with Gasteiger partial charge in [-0.05, 0) is 20.0 Å². The average molecular weight is 188 g/mol. The van der Waals surface area contributed by atoms with Crippen LogP contribution in [-0.2, 0) is 4.74 Å². The number of nitrogens with one attached hydrogen (secondary N) is 1. The Bertz CT molecular complexity index is 123. The molecule has 0 aromatic carbocycles. The second-order valence-corrected chi connectivity index (χ2v) is 3.41. The molecule has 1 atom stereocenters. The highest BCUT2D eigenvalue weighted by Crippen LogP contribution is 2.00. The van der Waals surface area contributed by atoms with Crippen LogP contribution in [0.3, 0.4) is 0 Å². The van der Waals surface area contributed by atoms with Gasteiger partial charge in [0.25, 0.3) is 0 Å². The fourth-order valence-corrected chi connectivity index (χ4v) is 1.49. The second-order valence-electron chi connectivity index (χ2n) is 3.41. The number of aliphatic hydroxyl groups excluding tert-OH is 1.